The van der Waals surface area contributed by atoms with E-state index >= 15 is 0 Å². The topological polar surface area (TPSA) is 55.5 Å². The Hall–Kier alpha value is -1.71. The third kappa shape index (κ3) is 2.70. The van der Waals surface area contributed by atoms with Crippen molar-refractivity contribution in [1.82, 2.24) is 0 Å². The Morgan fingerprint density at radius 3 is 2.88 bits per heavy atom. The lowest BCUT2D eigenvalue weighted by Gasteiger charge is -2.29. The maximum atomic E-state index is 10.7. The van der Waals surface area contributed by atoms with Crippen LogP contribution in [-0.4, -0.2) is 16.7 Å². The first-order valence-electron chi connectivity index (χ1n) is 5.76. The van der Waals surface area contributed by atoms with Gasteiger partial charge in [-0.25, -0.2) is 0 Å². The van der Waals surface area contributed by atoms with Crippen LogP contribution in [0, 0.1) is 10.1 Å². The van der Waals surface area contributed by atoms with E-state index in [4.69, 9.17) is 0 Å². The Morgan fingerprint density at radius 1 is 1.47 bits per heavy atom. The van der Waals surface area contributed by atoms with Crippen molar-refractivity contribution in [3.8, 4) is 0 Å². The van der Waals surface area contributed by atoms with Gasteiger partial charge in [-0.3, -0.25) is 15.1 Å². The van der Waals surface area contributed by atoms with Gasteiger partial charge in [-0.2, -0.15) is 0 Å². The number of nitro groups is 1. The van der Waals surface area contributed by atoms with Crippen LogP contribution in [0.3, 0.4) is 0 Å². The Morgan fingerprint density at radius 2 is 2.24 bits per heavy atom. The molecular weight excluding hydrogens is 216 g/mol. The minimum Gasteiger partial charge on any atom is -0.291 e. The van der Waals surface area contributed by atoms with Gasteiger partial charge in [0.05, 0.1) is 10.5 Å². The fourth-order valence-corrected chi connectivity index (χ4v) is 2.31. The van der Waals surface area contributed by atoms with Crippen molar-refractivity contribution in [1.29, 1.82) is 0 Å². The number of aliphatic imine (C=N–C) groups is 1. The lowest BCUT2D eigenvalue weighted by atomic mass is 9.82. The Labute approximate surface area is 101 Å². The fourth-order valence-electron chi connectivity index (χ4n) is 2.31. The zero-order chi connectivity index (χ0) is 12.5. The van der Waals surface area contributed by atoms with E-state index in [0.717, 1.165) is 18.4 Å². The molecule has 0 fully saturated rings. The highest BCUT2D eigenvalue weighted by Crippen LogP contribution is 2.34. The molecule has 17 heavy (non-hydrogen) atoms. The molecule has 0 aliphatic carbocycles. The SMILES string of the molecule is CC1(C)CC(c2cccc([N+](=O)[O-])c2)CC=N1. The second-order valence-corrected chi connectivity index (χ2v) is 5.11. The van der Waals surface area contributed by atoms with Crippen molar-refractivity contribution >= 4 is 11.9 Å². The number of hydrogen-bond acceptors (Lipinski definition) is 3. The number of nitro benzene ring substituents is 1. The summed E-state index contributed by atoms with van der Waals surface area (Å²) in [5.74, 6) is 0.336. The molecule has 1 aromatic carbocycles. The van der Waals surface area contributed by atoms with E-state index in [1.54, 1.807) is 12.1 Å². The van der Waals surface area contributed by atoms with Gasteiger partial charge in [0.25, 0.3) is 5.69 Å². The van der Waals surface area contributed by atoms with Gasteiger partial charge < -0.3 is 0 Å². The molecule has 0 aromatic heterocycles. The van der Waals surface area contributed by atoms with Crippen molar-refractivity contribution < 1.29 is 4.92 Å². The molecule has 0 spiro atoms. The molecule has 90 valence electrons. The molecule has 4 nitrogen and oxygen atoms in total. The molecule has 1 aliphatic rings. The number of hydrogen-bond donors (Lipinski definition) is 0. The predicted molar refractivity (Wildman–Crippen MR) is 67.6 cm³/mol. The van der Waals surface area contributed by atoms with Gasteiger partial charge in [-0.05, 0) is 44.4 Å². The van der Waals surface area contributed by atoms with Gasteiger partial charge in [0.1, 0.15) is 0 Å². The van der Waals surface area contributed by atoms with E-state index in [-0.39, 0.29) is 16.1 Å². The van der Waals surface area contributed by atoms with Crippen LogP contribution in [0.5, 0.6) is 0 Å². The molecule has 0 bridgehead atoms. The summed E-state index contributed by atoms with van der Waals surface area (Å²) >= 11 is 0. The highest BCUT2D eigenvalue weighted by atomic mass is 16.6. The summed E-state index contributed by atoms with van der Waals surface area (Å²) in [6, 6.07) is 6.94. The largest absolute Gasteiger partial charge is 0.291 e. The second kappa shape index (κ2) is 4.28. The zero-order valence-electron chi connectivity index (χ0n) is 10.1. The molecule has 0 saturated carbocycles. The van der Waals surface area contributed by atoms with Crippen LogP contribution in [0.1, 0.15) is 38.2 Å². The van der Waals surface area contributed by atoms with Crippen molar-refractivity contribution in [2.24, 2.45) is 4.99 Å². The Balaban J connectivity index is 2.26. The highest BCUT2D eigenvalue weighted by Gasteiger charge is 2.26. The van der Waals surface area contributed by atoms with Crippen molar-refractivity contribution in [2.75, 3.05) is 0 Å². The summed E-state index contributed by atoms with van der Waals surface area (Å²) in [5.41, 5.74) is 1.15. The molecule has 0 amide bonds. The van der Waals surface area contributed by atoms with Crippen molar-refractivity contribution in [2.45, 2.75) is 38.1 Å². The van der Waals surface area contributed by atoms with Gasteiger partial charge in [-0.1, -0.05) is 12.1 Å². The third-order valence-corrected chi connectivity index (χ3v) is 3.13. The first-order valence-corrected chi connectivity index (χ1v) is 5.76. The molecule has 1 aliphatic heterocycles. The van der Waals surface area contributed by atoms with E-state index in [9.17, 15) is 10.1 Å². The Bertz CT molecular complexity index is 466. The lowest BCUT2D eigenvalue weighted by molar-refractivity contribution is -0.384. The number of non-ortho nitro benzene ring substituents is 1. The smallest absolute Gasteiger partial charge is 0.269 e. The molecular formula is C13H16N2O2. The summed E-state index contributed by atoms with van der Waals surface area (Å²) in [5, 5.41) is 10.7. The summed E-state index contributed by atoms with van der Waals surface area (Å²) in [4.78, 5) is 14.8. The van der Waals surface area contributed by atoms with Crippen LogP contribution in [0.4, 0.5) is 5.69 Å². The van der Waals surface area contributed by atoms with Gasteiger partial charge >= 0.3 is 0 Å². The van der Waals surface area contributed by atoms with Crippen LogP contribution >= 0.6 is 0 Å². The maximum absolute atomic E-state index is 10.7. The van der Waals surface area contributed by atoms with E-state index in [2.05, 4.69) is 18.8 Å². The standard InChI is InChI=1S/C13H16N2O2/c1-13(2)9-11(6-7-14-13)10-4-3-5-12(8-10)15(16)17/h3-5,7-8,11H,6,9H2,1-2H3. The average Bonchev–Trinajstić information content (AvgIpc) is 2.28. The van der Waals surface area contributed by atoms with Crippen LogP contribution in [0.2, 0.25) is 0 Å². The van der Waals surface area contributed by atoms with Crippen molar-refractivity contribution in [3.05, 3.63) is 39.9 Å². The summed E-state index contributed by atoms with van der Waals surface area (Å²) < 4.78 is 0. The van der Waals surface area contributed by atoms with Crippen LogP contribution < -0.4 is 0 Å². The molecule has 1 heterocycles. The average molecular weight is 232 g/mol. The van der Waals surface area contributed by atoms with Crippen LogP contribution in [0.25, 0.3) is 0 Å². The molecule has 4 heteroatoms. The second-order valence-electron chi connectivity index (χ2n) is 5.11. The molecule has 1 aromatic rings. The zero-order valence-corrected chi connectivity index (χ0v) is 10.1. The summed E-state index contributed by atoms with van der Waals surface area (Å²) in [7, 11) is 0. The van der Waals surface area contributed by atoms with Gasteiger partial charge in [0.2, 0.25) is 0 Å². The number of nitrogens with zero attached hydrogens (tertiary/aromatic N) is 2. The van der Waals surface area contributed by atoms with Gasteiger partial charge in [-0.15, -0.1) is 0 Å². The third-order valence-electron chi connectivity index (χ3n) is 3.13. The first-order chi connectivity index (χ1) is 7.98. The van der Waals surface area contributed by atoms with Gasteiger partial charge in [0, 0.05) is 12.1 Å². The predicted octanol–water partition coefficient (Wildman–Crippen LogP) is 3.32. The molecule has 1 unspecified atom stereocenters. The quantitative estimate of drug-likeness (QED) is 0.580. The molecule has 0 radical (unpaired) electrons. The first kappa shape index (κ1) is 11.8. The normalized spacial score (nSPS) is 22.4. The lowest BCUT2D eigenvalue weighted by Crippen LogP contribution is -2.25. The van der Waals surface area contributed by atoms with E-state index < -0.39 is 0 Å². The molecule has 2 rings (SSSR count). The monoisotopic (exact) mass is 232 g/mol. The van der Waals surface area contributed by atoms with E-state index in [1.165, 1.54) is 6.07 Å². The van der Waals surface area contributed by atoms with Crippen LogP contribution in [0.15, 0.2) is 29.3 Å². The number of benzene rings is 1. The van der Waals surface area contributed by atoms with E-state index in [0.29, 0.717) is 5.92 Å². The molecule has 0 N–H and O–H groups in total. The minimum absolute atomic E-state index is 0.0620. The fraction of sp³-hybridized carbons (Fsp3) is 0.462. The van der Waals surface area contributed by atoms with Crippen molar-refractivity contribution in [3.63, 3.8) is 0 Å². The summed E-state index contributed by atoms with van der Waals surface area (Å²) in [6.45, 7) is 4.18. The highest BCUT2D eigenvalue weighted by molar-refractivity contribution is 5.61. The van der Waals surface area contributed by atoms with Crippen LogP contribution in [-0.2, 0) is 0 Å². The maximum Gasteiger partial charge on any atom is 0.269 e. The van der Waals surface area contributed by atoms with E-state index in [1.807, 2.05) is 12.3 Å². The molecule has 0 saturated heterocycles. The number of rotatable bonds is 2. The van der Waals surface area contributed by atoms with Gasteiger partial charge in [0.15, 0.2) is 0 Å². The molecule has 1 atom stereocenters. The Kier molecular flexibility index (Phi) is 2.96. The minimum atomic E-state index is -0.342. The summed E-state index contributed by atoms with van der Waals surface area (Å²) in [6.07, 6.45) is 3.74.